The maximum Gasteiger partial charge on any atom is 0.339 e. The van der Waals surface area contributed by atoms with Gasteiger partial charge in [-0.05, 0) is 43.7 Å². The van der Waals surface area contributed by atoms with Crippen molar-refractivity contribution >= 4 is 21.7 Å². The van der Waals surface area contributed by atoms with Gasteiger partial charge < -0.3 is 9.64 Å². The summed E-state index contributed by atoms with van der Waals surface area (Å²) in [7, 11) is -3.54. The smallest absolute Gasteiger partial charge is 0.339 e. The van der Waals surface area contributed by atoms with Crippen LogP contribution in [0.5, 0.6) is 0 Å². The van der Waals surface area contributed by atoms with E-state index in [1.165, 1.54) is 25.5 Å². The molecule has 0 spiro atoms. The molecule has 6 nitrogen and oxygen atoms in total. The van der Waals surface area contributed by atoms with Crippen LogP contribution in [0.2, 0.25) is 0 Å². The van der Waals surface area contributed by atoms with Gasteiger partial charge >= 0.3 is 5.97 Å². The van der Waals surface area contributed by atoms with Crippen molar-refractivity contribution in [3.05, 3.63) is 29.8 Å². The molecule has 1 aliphatic heterocycles. The van der Waals surface area contributed by atoms with Gasteiger partial charge in [-0.3, -0.25) is 4.79 Å². The van der Waals surface area contributed by atoms with Crippen LogP contribution in [0.4, 0.5) is 0 Å². The summed E-state index contributed by atoms with van der Waals surface area (Å²) in [6.45, 7) is 1.89. The SMILES string of the molecule is CCS(=O)(=O)c1ccccc1C(=O)OCC(=O)N1CCC[C@@H]2CCCC[C@@H]21. The van der Waals surface area contributed by atoms with Gasteiger partial charge in [-0.25, -0.2) is 13.2 Å². The molecule has 0 aromatic heterocycles. The maximum absolute atomic E-state index is 12.7. The van der Waals surface area contributed by atoms with Crippen LogP contribution < -0.4 is 0 Å². The minimum absolute atomic E-state index is 0.0127. The maximum atomic E-state index is 12.7. The summed E-state index contributed by atoms with van der Waals surface area (Å²) >= 11 is 0. The number of nitrogens with zero attached hydrogens (tertiary/aromatic N) is 1. The van der Waals surface area contributed by atoms with E-state index in [0.29, 0.717) is 12.5 Å². The predicted octanol–water partition coefficient (Wildman–Crippen LogP) is 2.82. The molecule has 2 atom stereocenters. The minimum atomic E-state index is -3.54. The second-order valence-electron chi connectivity index (χ2n) is 7.32. The fraction of sp³-hybridized carbons (Fsp3) is 0.600. The lowest BCUT2D eigenvalue weighted by Gasteiger charge is -2.44. The lowest BCUT2D eigenvalue weighted by atomic mass is 9.78. The average molecular weight is 394 g/mol. The fourth-order valence-electron chi connectivity index (χ4n) is 4.28. The van der Waals surface area contributed by atoms with Crippen molar-refractivity contribution < 1.29 is 22.7 Å². The number of piperidine rings is 1. The molecule has 0 unspecified atom stereocenters. The number of sulfone groups is 1. The highest BCUT2D eigenvalue weighted by Crippen LogP contribution is 2.35. The molecule has 1 amide bonds. The quantitative estimate of drug-likeness (QED) is 0.719. The highest BCUT2D eigenvalue weighted by Gasteiger charge is 2.36. The molecule has 1 heterocycles. The van der Waals surface area contributed by atoms with Crippen molar-refractivity contribution in [3.63, 3.8) is 0 Å². The summed E-state index contributed by atoms with van der Waals surface area (Å²) < 4.78 is 29.6. The second kappa shape index (κ2) is 8.42. The van der Waals surface area contributed by atoms with Gasteiger partial charge in [0.15, 0.2) is 16.4 Å². The Morgan fingerprint density at radius 2 is 1.81 bits per heavy atom. The van der Waals surface area contributed by atoms with Crippen molar-refractivity contribution in [2.75, 3.05) is 18.9 Å². The van der Waals surface area contributed by atoms with Gasteiger partial charge in [0.1, 0.15) is 0 Å². The third kappa shape index (κ3) is 4.34. The number of hydrogen-bond acceptors (Lipinski definition) is 5. The lowest BCUT2D eigenvalue weighted by Crippen LogP contribution is -2.50. The van der Waals surface area contributed by atoms with Gasteiger partial charge in [-0.1, -0.05) is 31.9 Å². The Kier molecular flexibility index (Phi) is 6.19. The van der Waals surface area contributed by atoms with Gasteiger partial charge in [0.25, 0.3) is 5.91 Å². The van der Waals surface area contributed by atoms with Crippen LogP contribution in [0.25, 0.3) is 0 Å². The number of ether oxygens (including phenoxy) is 1. The zero-order chi connectivity index (χ0) is 19.4. The summed E-state index contributed by atoms with van der Waals surface area (Å²) in [6, 6.07) is 6.24. The first kappa shape index (κ1) is 19.9. The minimum Gasteiger partial charge on any atom is -0.452 e. The highest BCUT2D eigenvalue weighted by molar-refractivity contribution is 7.91. The standard InChI is InChI=1S/C20H27NO5S/c1-2-27(24,25)18-12-6-4-10-16(18)20(23)26-14-19(22)21-13-7-9-15-8-3-5-11-17(15)21/h4,6,10,12,15,17H,2-3,5,7-9,11,13-14H2,1H3/t15-,17-/m0/s1. The van der Waals surface area contributed by atoms with Gasteiger partial charge in [0.2, 0.25) is 0 Å². The molecular formula is C20H27NO5S. The fourth-order valence-corrected chi connectivity index (χ4v) is 5.37. The zero-order valence-electron chi connectivity index (χ0n) is 15.7. The number of hydrogen-bond donors (Lipinski definition) is 0. The Morgan fingerprint density at radius 1 is 1.11 bits per heavy atom. The van der Waals surface area contributed by atoms with E-state index >= 15 is 0 Å². The molecule has 3 rings (SSSR count). The van der Waals surface area contributed by atoms with Crippen LogP contribution in [0.15, 0.2) is 29.2 Å². The van der Waals surface area contributed by atoms with Crippen LogP contribution in [-0.4, -0.2) is 50.1 Å². The number of rotatable bonds is 5. The van der Waals surface area contributed by atoms with Gasteiger partial charge in [0, 0.05) is 12.6 Å². The number of esters is 1. The number of benzene rings is 1. The van der Waals surface area contributed by atoms with E-state index in [2.05, 4.69) is 0 Å². The first-order valence-corrected chi connectivity index (χ1v) is 11.4. The highest BCUT2D eigenvalue weighted by atomic mass is 32.2. The first-order chi connectivity index (χ1) is 12.9. The Morgan fingerprint density at radius 3 is 2.59 bits per heavy atom. The predicted molar refractivity (Wildman–Crippen MR) is 101 cm³/mol. The Bertz CT molecular complexity index is 802. The first-order valence-electron chi connectivity index (χ1n) is 9.72. The number of carbonyl (C=O) groups is 2. The number of carbonyl (C=O) groups excluding carboxylic acids is 2. The monoisotopic (exact) mass is 393 g/mol. The summed E-state index contributed by atoms with van der Waals surface area (Å²) in [5.74, 6) is -0.501. The van der Waals surface area contributed by atoms with E-state index in [9.17, 15) is 18.0 Å². The van der Waals surface area contributed by atoms with Crippen molar-refractivity contribution in [2.24, 2.45) is 5.92 Å². The molecule has 1 saturated heterocycles. The van der Waals surface area contributed by atoms with E-state index in [1.807, 2.05) is 4.90 Å². The summed E-state index contributed by atoms with van der Waals surface area (Å²) in [6.07, 6.45) is 6.68. The molecule has 0 radical (unpaired) electrons. The van der Waals surface area contributed by atoms with Crippen LogP contribution in [0.3, 0.4) is 0 Å². The molecule has 1 aromatic rings. The van der Waals surface area contributed by atoms with Crippen LogP contribution >= 0.6 is 0 Å². The molecule has 0 bridgehead atoms. The number of amides is 1. The normalized spacial score (nSPS) is 22.8. The Hall–Kier alpha value is -1.89. The van der Waals surface area contributed by atoms with Crippen LogP contribution in [0.1, 0.15) is 55.8 Å². The summed E-state index contributed by atoms with van der Waals surface area (Å²) in [5.41, 5.74) is -0.0127. The zero-order valence-corrected chi connectivity index (χ0v) is 16.5. The van der Waals surface area contributed by atoms with E-state index in [0.717, 1.165) is 32.1 Å². The topological polar surface area (TPSA) is 80.7 Å². The molecule has 2 fully saturated rings. The Balaban J connectivity index is 1.67. The number of likely N-dealkylation sites (tertiary alicyclic amines) is 1. The molecule has 148 valence electrons. The molecule has 0 N–H and O–H groups in total. The van der Waals surface area contributed by atoms with Crippen molar-refractivity contribution in [1.29, 1.82) is 0 Å². The van der Waals surface area contributed by atoms with E-state index in [-0.39, 0.29) is 34.8 Å². The van der Waals surface area contributed by atoms with Crippen molar-refractivity contribution in [1.82, 2.24) is 4.90 Å². The van der Waals surface area contributed by atoms with Crippen molar-refractivity contribution in [3.8, 4) is 0 Å². The number of fused-ring (bicyclic) bond motifs is 1. The van der Waals surface area contributed by atoms with Gasteiger partial charge in [0.05, 0.1) is 16.2 Å². The van der Waals surface area contributed by atoms with Crippen LogP contribution in [-0.2, 0) is 19.4 Å². The molecule has 27 heavy (non-hydrogen) atoms. The third-order valence-corrected chi connectivity index (χ3v) is 7.50. The van der Waals surface area contributed by atoms with Gasteiger partial charge in [-0.15, -0.1) is 0 Å². The molecular weight excluding hydrogens is 366 g/mol. The molecule has 2 aliphatic rings. The van der Waals surface area contributed by atoms with E-state index in [1.54, 1.807) is 12.1 Å². The van der Waals surface area contributed by atoms with Gasteiger partial charge in [-0.2, -0.15) is 0 Å². The largest absolute Gasteiger partial charge is 0.452 e. The van der Waals surface area contributed by atoms with Crippen LogP contribution in [0, 0.1) is 5.92 Å². The van der Waals surface area contributed by atoms with E-state index in [4.69, 9.17) is 4.74 Å². The van der Waals surface area contributed by atoms with E-state index < -0.39 is 15.8 Å². The lowest BCUT2D eigenvalue weighted by molar-refractivity contribution is -0.140. The Labute approximate surface area is 160 Å². The molecule has 1 saturated carbocycles. The third-order valence-electron chi connectivity index (χ3n) is 5.71. The molecule has 1 aromatic carbocycles. The average Bonchev–Trinajstić information content (AvgIpc) is 2.71. The second-order valence-corrected chi connectivity index (χ2v) is 9.56. The summed E-state index contributed by atoms with van der Waals surface area (Å²) in [4.78, 5) is 26.9. The molecule has 7 heteroatoms. The summed E-state index contributed by atoms with van der Waals surface area (Å²) in [5, 5.41) is 0. The molecule has 1 aliphatic carbocycles. The van der Waals surface area contributed by atoms with Crippen molar-refractivity contribution in [2.45, 2.75) is 56.4 Å².